The summed E-state index contributed by atoms with van der Waals surface area (Å²) in [4.78, 5) is 12.2. The number of rotatable bonds is 7. The zero-order valence-corrected chi connectivity index (χ0v) is 11.7. The van der Waals surface area contributed by atoms with Gasteiger partial charge in [-0.3, -0.25) is 4.79 Å². The maximum atomic E-state index is 12.2. The van der Waals surface area contributed by atoms with Gasteiger partial charge in [0.25, 0.3) is 5.91 Å². The number of carbonyl (C=O) groups excluding carboxylic acids is 1. The van der Waals surface area contributed by atoms with E-state index in [0.29, 0.717) is 23.8 Å². The molecule has 0 aliphatic heterocycles. The third-order valence-corrected chi connectivity index (χ3v) is 2.94. The van der Waals surface area contributed by atoms with Crippen LogP contribution in [-0.2, 0) is 0 Å². The molecule has 0 fully saturated rings. The van der Waals surface area contributed by atoms with Crippen molar-refractivity contribution in [3.8, 4) is 5.75 Å². The van der Waals surface area contributed by atoms with Crippen LogP contribution in [0.3, 0.4) is 0 Å². The van der Waals surface area contributed by atoms with Gasteiger partial charge in [-0.05, 0) is 31.9 Å². The summed E-state index contributed by atoms with van der Waals surface area (Å²) in [5.41, 5.74) is 0.576. The van der Waals surface area contributed by atoms with Crippen LogP contribution in [0.25, 0.3) is 0 Å². The van der Waals surface area contributed by atoms with Gasteiger partial charge in [0.15, 0.2) is 0 Å². The molecule has 0 aliphatic carbocycles. The zero-order valence-electron chi connectivity index (χ0n) is 10.9. The molecule has 100 valence electrons. The first kappa shape index (κ1) is 14.8. The van der Waals surface area contributed by atoms with E-state index in [1.807, 2.05) is 26.0 Å². The number of carbonyl (C=O) groups is 1. The van der Waals surface area contributed by atoms with Gasteiger partial charge in [0, 0.05) is 11.9 Å². The lowest BCUT2D eigenvalue weighted by Crippen LogP contribution is -2.34. The third-order valence-electron chi connectivity index (χ3n) is 2.72. The van der Waals surface area contributed by atoms with Gasteiger partial charge in [-0.15, -0.1) is 11.6 Å². The number of ether oxygens (including phenoxy) is 1. The molecule has 18 heavy (non-hydrogen) atoms. The Balaban J connectivity index is 2.76. The van der Waals surface area contributed by atoms with Crippen molar-refractivity contribution in [3.63, 3.8) is 0 Å². The Morgan fingerprint density at radius 2 is 2.11 bits per heavy atom. The van der Waals surface area contributed by atoms with Crippen molar-refractivity contribution in [2.45, 2.75) is 32.7 Å². The van der Waals surface area contributed by atoms with Crippen molar-refractivity contribution in [1.82, 2.24) is 5.32 Å². The molecular weight excluding hydrogens is 250 g/mol. The van der Waals surface area contributed by atoms with Crippen molar-refractivity contribution in [2.75, 3.05) is 12.5 Å². The molecule has 1 atom stereocenters. The lowest BCUT2D eigenvalue weighted by molar-refractivity contribution is 0.0931. The van der Waals surface area contributed by atoms with Gasteiger partial charge in [0.2, 0.25) is 0 Å². The Morgan fingerprint density at radius 3 is 2.72 bits per heavy atom. The van der Waals surface area contributed by atoms with Crippen LogP contribution in [0.5, 0.6) is 5.75 Å². The highest BCUT2D eigenvalue weighted by atomic mass is 35.5. The molecule has 1 aromatic carbocycles. The van der Waals surface area contributed by atoms with Crippen molar-refractivity contribution in [1.29, 1.82) is 0 Å². The molecule has 1 amide bonds. The molecule has 1 unspecified atom stereocenters. The van der Waals surface area contributed by atoms with E-state index in [2.05, 4.69) is 5.32 Å². The first-order valence-electron chi connectivity index (χ1n) is 6.31. The van der Waals surface area contributed by atoms with Gasteiger partial charge < -0.3 is 10.1 Å². The number of alkyl halides is 1. The van der Waals surface area contributed by atoms with Gasteiger partial charge in [-0.25, -0.2) is 0 Å². The Labute approximate surface area is 113 Å². The van der Waals surface area contributed by atoms with E-state index in [-0.39, 0.29) is 11.9 Å². The van der Waals surface area contributed by atoms with E-state index in [9.17, 15) is 4.79 Å². The van der Waals surface area contributed by atoms with Gasteiger partial charge >= 0.3 is 0 Å². The summed E-state index contributed by atoms with van der Waals surface area (Å²) in [5, 5.41) is 2.98. The molecule has 0 spiro atoms. The standard InChI is InChI=1S/C14H20ClNO2/c1-3-11(9-10-15)16-14(17)12-7-5-6-8-13(12)18-4-2/h5-8,11H,3-4,9-10H2,1-2H3,(H,16,17). The summed E-state index contributed by atoms with van der Waals surface area (Å²) in [6.45, 7) is 4.48. The van der Waals surface area contributed by atoms with Crippen molar-refractivity contribution < 1.29 is 9.53 Å². The first-order valence-corrected chi connectivity index (χ1v) is 6.85. The number of nitrogens with one attached hydrogen (secondary N) is 1. The van der Waals surface area contributed by atoms with E-state index >= 15 is 0 Å². The second-order valence-corrected chi connectivity index (χ2v) is 4.36. The maximum absolute atomic E-state index is 12.2. The molecule has 1 rings (SSSR count). The highest BCUT2D eigenvalue weighted by Crippen LogP contribution is 2.18. The number of benzene rings is 1. The molecule has 0 radical (unpaired) electrons. The topological polar surface area (TPSA) is 38.3 Å². The molecule has 1 N–H and O–H groups in total. The molecule has 0 aliphatic rings. The van der Waals surface area contributed by atoms with Crippen LogP contribution in [0.4, 0.5) is 0 Å². The minimum atomic E-state index is -0.101. The lowest BCUT2D eigenvalue weighted by Gasteiger charge is -2.17. The van der Waals surface area contributed by atoms with Crippen LogP contribution < -0.4 is 10.1 Å². The summed E-state index contributed by atoms with van der Waals surface area (Å²) in [5.74, 6) is 1.07. The number of para-hydroxylation sites is 1. The highest BCUT2D eigenvalue weighted by molar-refractivity contribution is 6.17. The quantitative estimate of drug-likeness (QED) is 0.772. The minimum absolute atomic E-state index is 0.101. The molecular formula is C14H20ClNO2. The Kier molecular flexibility index (Phi) is 6.58. The Bertz CT molecular complexity index is 382. The average molecular weight is 270 g/mol. The number of hydrogen-bond donors (Lipinski definition) is 1. The van der Waals surface area contributed by atoms with E-state index in [0.717, 1.165) is 12.8 Å². The second kappa shape index (κ2) is 7.98. The monoisotopic (exact) mass is 269 g/mol. The largest absolute Gasteiger partial charge is 0.493 e. The van der Waals surface area contributed by atoms with Crippen LogP contribution in [0.1, 0.15) is 37.0 Å². The van der Waals surface area contributed by atoms with Gasteiger partial charge in [-0.2, -0.15) is 0 Å². The fourth-order valence-corrected chi connectivity index (χ4v) is 1.97. The zero-order chi connectivity index (χ0) is 13.4. The van der Waals surface area contributed by atoms with Gasteiger partial charge in [0.05, 0.1) is 12.2 Å². The van der Waals surface area contributed by atoms with Crippen LogP contribution in [0.2, 0.25) is 0 Å². The van der Waals surface area contributed by atoms with Crippen molar-refractivity contribution in [2.24, 2.45) is 0 Å². The number of halogens is 1. The van der Waals surface area contributed by atoms with Crippen molar-refractivity contribution >= 4 is 17.5 Å². The molecule has 4 heteroatoms. The smallest absolute Gasteiger partial charge is 0.255 e. The summed E-state index contributed by atoms with van der Waals surface area (Å²) in [7, 11) is 0. The maximum Gasteiger partial charge on any atom is 0.255 e. The van der Waals surface area contributed by atoms with Gasteiger partial charge in [-0.1, -0.05) is 19.1 Å². The van der Waals surface area contributed by atoms with Crippen LogP contribution in [0.15, 0.2) is 24.3 Å². The fourth-order valence-electron chi connectivity index (χ4n) is 1.71. The molecule has 0 heterocycles. The molecule has 0 bridgehead atoms. The lowest BCUT2D eigenvalue weighted by atomic mass is 10.1. The molecule has 0 saturated heterocycles. The Hall–Kier alpha value is -1.22. The normalized spacial score (nSPS) is 11.9. The minimum Gasteiger partial charge on any atom is -0.493 e. The predicted octanol–water partition coefficient (Wildman–Crippen LogP) is 3.22. The van der Waals surface area contributed by atoms with Crippen LogP contribution >= 0.6 is 11.6 Å². The SMILES string of the molecule is CCOc1ccccc1C(=O)NC(CC)CCCl. The van der Waals surface area contributed by atoms with E-state index in [1.54, 1.807) is 12.1 Å². The summed E-state index contributed by atoms with van der Waals surface area (Å²) in [6, 6.07) is 7.39. The number of hydrogen-bond acceptors (Lipinski definition) is 2. The summed E-state index contributed by atoms with van der Waals surface area (Å²) >= 11 is 5.71. The average Bonchev–Trinajstić information content (AvgIpc) is 2.39. The molecule has 0 aromatic heterocycles. The van der Waals surface area contributed by atoms with E-state index in [1.165, 1.54) is 0 Å². The van der Waals surface area contributed by atoms with Crippen molar-refractivity contribution in [3.05, 3.63) is 29.8 Å². The molecule has 0 saturated carbocycles. The predicted molar refractivity (Wildman–Crippen MR) is 74.5 cm³/mol. The summed E-state index contributed by atoms with van der Waals surface area (Å²) < 4.78 is 5.45. The van der Waals surface area contributed by atoms with Crippen LogP contribution in [-0.4, -0.2) is 24.4 Å². The van der Waals surface area contributed by atoms with E-state index < -0.39 is 0 Å². The summed E-state index contributed by atoms with van der Waals surface area (Å²) in [6.07, 6.45) is 1.65. The van der Waals surface area contributed by atoms with E-state index in [4.69, 9.17) is 16.3 Å². The Morgan fingerprint density at radius 1 is 1.39 bits per heavy atom. The second-order valence-electron chi connectivity index (χ2n) is 3.99. The van der Waals surface area contributed by atoms with Crippen LogP contribution in [0, 0.1) is 0 Å². The fraction of sp³-hybridized carbons (Fsp3) is 0.500. The molecule has 1 aromatic rings. The highest BCUT2D eigenvalue weighted by Gasteiger charge is 2.15. The van der Waals surface area contributed by atoms with Gasteiger partial charge in [0.1, 0.15) is 5.75 Å². The number of amides is 1. The first-order chi connectivity index (χ1) is 8.72. The third kappa shape index (κ3) is 4.22. The molecule has 3 nitrogen and oxygen atoms in total.